The summed E-state index contributed by atoms with van der Waals surface area (Å²) in [7, 11) is 3.59. The molecule has 0 spiro atoms. The number of carbonyl (C=O) groups excluding carboxylic acids is 1. The van der Waals surface area contributed by atoms with E-state index in [-0.39, 0.29) is 21.1 Å². The lowest BCUT2D eigenvalue weighted by Crippen LogP contribution is -2.39. The number of nitrogens with two attached hydrogens (primary N) is 1. The van der Waals surface area contributed by atoms with Crippen LogP contribution >= 0.6 is 0 Å². The molecule has 31 heavy (non-hydrogen) atoms. The average Bonchev–Trinajstić information content (AvgIpc) is 2.78. The predicted octanol–water partition coefficient (Wildman–Crippen LogP) is 6.91. The topological polar surface area (TPSA) is 75.8 Å². The van der Waals surface area contributed by atoms with Gasteiger partial charge in [-0.05, 0) is 53.1 Å². The van der Waals surface area contributed by atoms with Crippen molar-refractivity contribution in [3.63, 3.8) is 0 Å². The van der Waals surface area contributed by atoms with Gasteiger partial charge in [-0.1, -0.05) is 78.9 Å². The van der Waals surface area contributed by atoms with Gasteiger partial charge in [-0.15, -0.1) is 0 Å². The van der Waals surface area contributed by atoms with Crippen LogP contribution in [-0.2, 0) is 4.79 Å². The summed E-state index contributed by atoms with van der Waals surface area (Å²) in [6.07, 6.45) is 0.921. The molecule has 1 aliphatic rings. The summed E-state index contributed by atoms with van der Waals surface area (Å²) in [6.45, 7) is 13.7. The van der Waals surface area contributed by atoms with E-state index in [1.165, 1.54) is 19.5 Å². The van der Waals surface area contributed by atoms with Crippen molar-refractivity contribution in [2.75, 3.05) is 14.1 Å². The molecule has 1 heterocycles. The van der Waals surface area contributed by atoms with Crippen molar-refractivity contribution in [1.29, 1.82) is 0 Å². The van der Waals surface area contributed by atoms with E-state index in [1.807, 2.05) is 45.9 Å². The van der Waals surface area contributed by atoms with Gasteiger partial charge in [0.15, 0.2) is 0 Å². The maximum atomic E-state index is 8.81. The monoisotopic (exact) mass is 438 g/mol. The molecule has 1 aliphatic heterocycles. The minimum absolute atomic E-state index is 0. The summed E-state index contributed by atoms with van der Waals surface area (Å²) in [5, 5.41) is 8.63. The molecule has 0 amide bonds. The van der Waals surface area contributed by atoms with E-state index < -0.39 is 0 Å². The molecule has 5 nitrogen and oxygen atoms in total. The highest BCUT2D eigenvalue weighted by Gasteiger charge is 2.26. The Kier molecular flexibility index (Phi) is 34.9. The van der Waals surface area contributed by atoms with Crippen LogP contribution in [0.1, 0.15) is 74.9 Å². The fourth-order valence-corrected chi connectivity index (χ4v) is 2.16. The zero-order chi connectivity index (χ0) is 23.2. The summed E-state index contributed by atoms with van der Waals surface area (Å²) in [6, 6.07) is 17.4. The van der Waals surface area contributed by atoms with Gasteiger partial charge in [0.25, 0.3) is 0 Å². The lowest BCUT2D eigenvalue weighted by molar-refractivity contribution is -0.106. The van der Waals surface area contributed by atoms with E-state index in [0.29, 0.717) is 11.8 Å². The van der Waals surface area contributed by atoms with Gasteiger partial charge in [-0.2, -0.15) is 0 Å². The molecule has 2 unspecified atom stereocenters. The van der Waals surface area contributed by atoms with Gasteiger partial charge < -0.3 is 20.4 Å². The van der Waals surface area contributed by atoms with Crippen LogP contribution in [-0.4, -0.2) is 36.6 Å². The third-order valence-corrected chi connectivity index (χ3v) is 3.61. The van der Waals surface area contributed by atoms with E-state index in [2.05, 4.69) is 43.7 Å². The van der Waals surface area contributed by atoms with Crippen LogP contribution in [0.4, 0.5) is 0 Å². The van der Waals surface area contributed by atoms with Crippen molar-refractivity contribution in [1.82, 2.24) is 4.90 Å². The number of para-hydroxylation sites is 2. The Morgan fingerprint density at radius 2 is 1.29 bits per heavy atom. The van der Waals surface area contributed by atoms with Gasteiger partial charge >= 0.3 is 0 Å². The number of rotatable bonds is 0. The van der Waals surface area contributed by atoms with Crippen LogP contribution in [0.3, 0.4) is 0 Å². The maximum Gasteiger partial charge on any atom is 0.150 e. The van der Waals surface area contributed by atoms with Gasteiger partial charge in [0, 0.05) is 11.6 Å². The van der Waals surface area contributed by atoms with E-state index in [0.717, 1.165) is 12.0 Å². The average molecular weight is 439 g/mol. The Morgan fingerprint density at radius 1 is 0.903 bits per heavy atom. The zero-order valence-corrected chi connectivity index (χ0v) is 19.7. The van der Waals surface area contributed by atoms with Crippen LogP contribution in [0.25, 0.3) is 0 Å². The molecule has 2 aromatic carbocycles. The van der Waals surface area contributed by atoms with Gasteiger partial charge in [0.05, 0.1) is 0 Å². The van der Waals surface area contributed by atoms with Gasteiger partial charge in [0.2, 0.25) is 0 Å². The summed E-state index contributed by atoms with van der Waals surface area (Å²) in [4.78, 5) is 11.0. The number of hydrogen-bond donors (Lipinski definition) is 2. The molecule has 5 heteroatoms. The first-order valence-electron chi connectivity index (χ1n) is 10.2. The van der Waals surface area contributed by atoms with Crippen molar-refractivity contribution >= 4 is 6.29 Å². The SMILES string of the molecule is C.C.CC.CC.CC1Oc2ccccc2C(C)N1C.CC=O.CN.Oc1ccccc1. The number of ether oxygens (including phenoxy) is 1. The molecular weight excluding hydrogens is 388 g/mol. The normalized spacial score (nSPS) is 14.6. The molecule has 2 atom stereocenters. The van der Waals surface area contributed by atoms with Crippen LogP contribution in [0.15, 0.2) is 54.6 Å². The minimum atomic E-state index is 0. The van der Waals surface area contributed by atoms with E-state index in [9.17, 15) is 0 Å². The highest BCUT2D eigenvalue weighted by atomic mass is 16.5. The minimum Gasteiger partial charge on any atom is -0.508 e. The van der Waals surface area contributed by atoms with Crippen molar-refractivity contribution in [3.05, 3.63) is 60.2 Å². The standard InChI is InChI=1S/C11H15NO.C6H6O.C2H4O.2C2H6.CH5N.2CH4/c1-8-10-6-4-5-7-11(10)13-9(2)12(8)3;7-6-4-2-1-3-5-6;1-2-3;3*1-2;;/h4-9H,1-3H3;1-5,7H;2H,1H3;2*1-2H3;2H2,1H3;2*1H4. The summed E-state index contributed by atoms with van der Waals surface area (Å²) >= 11 is 0. The lowest BCUT2D eigenvalue weighted by atomic mass is 10.0. The Hall–Kier alpha value is -2.37. The molecule has 0 radical (unpaired) electrons. The molecule has 0 saturated heterocycles. The Labute approximate surface area is 193 Å². The van der Waals surface area contributed by atoms with E-state index >= 15 is 0 Å². The first kappa shape index (κ1) is 39.1. The summed E-state index contributed by atoms with van der Waals surface area (Å²) in [5.74, 6) is 1.35. The first-order valence-corrected chi connectivity index (χ1v) is 10.2. The zero-order valence-electron chi connectivity index (χ0n) is 19.7. The number of phenolic OH excluding ortho intramolecular Hbond substituents is 1. The van der Waals surface area contributed by atoms with Crippen molar-refractivity contribution in [2.24, 2.45) is 5.73 Å². The Bertz CT molecular complexity index is 592. The molecular formula is C26H50N2O3. The van der Waals surface area contributed by atoms with E-state index in [4.69, 9.17) is 14.6 Å². The smallest absolute Gasteiger partial charge is 0.150 e. The third-order valence-electron chi connectivity index (χ3n) is 3.61. The number of hydrogen-bond acceptors (Lipinski definition) is 5. The van der Waals surface area contributed by atoms with Crippen LogP contribution < -0.4 is 10.5 Å². The number of nitrogens with zero attached hydrogens (tertiary/aromatic N) is 1. The summed E-state index contributed by atoms with van der Waals surface area (Å²) < 4.78 is 5.74. The fourth-order valence-electron chi connectivity index (χ4n) is 2.16. The highest BCUT2D eigenvalue weighted by molar-refractivity contribution is 5.44. The number of fused-ring (bicyclic) bond motifs is 1. The molecule has 0 fully saturated rings. The van der Waals surface area contributed by atoms with Gasteiger partial charge in [0.1, 0.15) is 24.0 Å². The molecule has 0 bridgehead atoms. The maximum absolute atomic E-state index is 8.81. The van der Waals surface area contributed by atoms with Crippen LogP contribution in [0.2, 0.25) is 0 Å². The van der Waals surface area contributed by atoms with Crippen LogP contribution in [0.5, 0.6) is 11.5 Å². The molecule has 2 aromatic rings. The number of phenols is 1. The Balaban J connectivity index is -0.000000108. The van der Waals surface area contributed by atoms with Gasteiger partial charge in [-0.3, -0.25) is 4.90 Å². The molecule has 0 saturated carbocycles. The van der Waals surface area contributed by atoms with Crippen molar-refractivity contribution < 1.29 is 14.6 Å². The summed E-state index contributed by atoms with van der Waals surface area (Å²) in [5.41, 5.74) is 5.78. The number of aromatic hydroxyl groups is 1. The second-order valence-corrected chi connectivity index (χ2v) is 5.17. The Morgan fingerprint density at radius 3 is 1.68 bits per heavy atom. The molecule has 0 aliphatic carbocycles. The number of benzene rings is 2. The largest absolute Gasteiger partial charge is 0.508 e. The van der Waals surface area contributed by atoms with Crippen LogP contribution in [0, 0.1) is 0 Å². The quantitative estimate of drug-likeness (QED) is 0.437. The van der Waals surface area contributed by atoms with Crippen molar-refractivity contribution in [3.8, 4) is 11.5 Å². The molecule has 0 aromatic heterocycles. The second-order valence-electron chi connectivity index (χ2n) is 5.17. The van der Waals surface area contributed by atoms with Gasteiger partial charge in [-0.25, -0.2) is 0 Å². The number of aldehydes is 1. The molecule has 3 rings (SSSR count). The number of carbonyl (C=O) groups is 1. The second kappa shape index (κ2) is 27.6. The predicted molar refractivity (Wildman–Crippen MR) is 139 cm³/mol. The molecule has 3 N–H and O–H groups in total. The fraction of sp³-hybridized carbons (Fsp3) is 0.500. The van der Waals surface area contributed by atoms with E-state index in [1.54, 1.807) is 24.3 Å². The molecule has 182 valence electrons. The highest BCUT2D eigenvalue weighted by Crippen LogP contribution is 2.34. The van der Waals surface area contributed by atoms with Crippen molar-refractivity contribution in [2.45, 2.75) is 75.6 Å². The third kappa shape index (κ3) is 17.0. The first-order chi connectivity index (χ1) is 14.0. The lowest BCUT2D eigenvalue weighted by Gasteiger charge is -2.37.